The van der Waals surface area contributed by atoms with Crippen LogP contribution in [0.3, 0.4) is 0 Å². The van der Waals surface area contributed by atoms with Crippen LogP contribution in [-0.4, -0.2) is 23.2 Å². The minimum Gasteiger partial charge on any atom is -0.506 e. The third-order valence-corrected chi connectivity index (χ3v) is 7.63. The van der Waals surface area contributed by atoms with Crippen molar-refractivity contribution < 1.29 is 23.2 Å². The predicted molar refractivity (Wildman–Crippen MR) is 114 cm³/mol. The van der Waals surface area contributed by atoms with Gasteiger partial charge in [0.2, 0.25) is 0 Å². The Labute approximate surface area is 186 Å². The van der Waals surface area contributed by atoms with Gasteiger partial charge in [-0.05, 0) is 17.7 Å². The molecule has 5 nitrogen and oxygen atoms in total. The van der Waals surface area contributed by atoms with Crippen LogP contribution >= 0.6 is 46.4 Å². The highest BCUT2D eigenvalue weighted by molar-refractivity contribution is 7.87. The quantitative estimate of drug-likeness (QED) is 0.239. The minimum atomic E-state index is -5.09. The SMILES string of the molecule is O=S(=O)(O)C(c1ccccc1)(c1cccc(O)c1Cl)c1cc(O)c(Cl)c(Cl)c1Cl. The topological polar surface area (TPSA) is 94.8 Å². The maximum atomic E-state index is 13.0. The predicted octanol–water partition coefficient (Wildman–Crippen LogP) is 5.89. The number of aromatic hydroxyl groups is 2. The average Bonchev–Trinajstić information content (AvgIpc) is 2.67. The highest BCUT2D eigenvalue weighted by Gasteiger charge is 2.51. The molecule has 0 amide bonds. The molecule has 1 atom stereocenters. The zero-order valence-corrected chi connectivity index (χ0v) is 18.1. The zero-order chi connectivity index (χ0) is 21.6. The van der Waals surface area contributed by atoms with Crippen LogP contribution in [-0.2, 0) is 14.9 Å². The van der Waals surface area contributed by atoms with Crippen LogP contribution in [0.5, 0.6) is 11.5 Å². The molecule has 1 unspecified atom stereocenters. The maximum absolute atomic E-state index is 13.0. The molecule has 0 saturated carbocycles. The fraction of sp³-hybridized carbons (Fsp3) is 0.0526. The van der Waals surface area contributed by atoms with E-state index in [4.69, 9.17) is 46.4 Å². The molecule has 3 aromatic carbocycles. The molecule has 0 heterocycles. The van der Waals surface area contributed by atoms with Gasteiger partial charge in [0.05, 0.1) is 15.1 Å². The van der Waals surface area contributed by atoms with E-state index in [2.05, 4.69) is 0 Å². The Hall–Kier alpha value is -1.67. The third kappa shape index (κ3) is 3.44. The van der Waals surface area contributed by atoms with E-state index in [1.807, 2.05) is 0 Å². The number of phenolic OH excluding ortho intramolecular Hbond substituents is 2. The second kappa shape index (κ2) is 7.87. The van der Waals surface area contributed by atoms with E-state index < -0.39 is 26.4 Å². The lowest BCUT2D eigenvalue weighted by Crippen LogP contribution is -2.39. The Bertz CT molecular complexity index is 1200. The minimum absolute atomic E-state index is 0.0367. The third-order valence-electron chi connectivity index (χ3n) is 4.43. The van der Waals surface area contributed by atoms with Crippen LogP contribution in [0, 0.1) is 0 Å². The zero-order valence-electron chi connectivity index (χ0n) is 14.3. The molecule has 3 rings (SSSR count). The molecule has 152 valence electrons. The van der Waals surface area contributed by atoms with Gasteiger partial charge in [0.1, 0.15) is 16.5 Å². The Morgan fingerprint density at radius 1 is 0.690 bits per heavy atom. The summed E-state index contributed by atoms with van der Waals surface area (Å²) < 4.78 is 34.0. The maximum Gasteiger partial charge on any atom is 0.283 e. The van der Waals surface area contributed by atoms with Crippen molar-refractivity contribution in [3.8, 4) is 11.5 Å². The molecular weight excluding hydrogens is 482 g/mol. The van der Waals surface area contributed by atoms with E-state index in [-0.39, 0.29) is 36.8 Å². The van der Waals surface area contributed by atoms with Gasteiger partial charge in [-0.3, -0.25) is 4.55 Å². The van der Waals surface area contributed by atoms with Gasteiger partial charge in [0, 0.05) is 11.1 Å². The first kappa shape index (κ1) is 22.0. The molecule has 0 fully saturated rings. The lowest BCUT2D eigenvalue weighted by atomic mass is 9.83. The summed E-state index contributed by atoms with van der Waals surface area (Å²) in [4.78, 5) is 0. The van der Waals surface area contributed by atoms with Crippen LogP contribution < -0.4 is 0 Å². The monoisotopic (exact) mass is 492 g/mol. The smallest absolute Gasteiger partial charge is 0.283 e. The van der Waals surface area contributed by atoms with Crippen molar-refractivity contribution in [3.63, 3.8) is 0 Å². The van der Waals surface area contributed by atoms with Crippen molar-refractivity contribution in [1.82, 2.24) is 0 Å². The Morgan fingerprint density at radius 2 is 1.31 bits per heavy atom. The number of benzene rings is 3. The van der Waals surface area contributed by atoms with Gasteiger partial charge in [0.15, 0.2) is 4.75 Å². The fourth-order valence-corrected chi connectivity index (χ4v) is 5.58. The molecule has 0 aromatic heterocycles. The van der Waals surface area contributed by atoms with Crippen LogP contribution in [0.15, 0.2) is 54.6 Å². The number of halogens is 4. The largest absolute Gasteiger partial charge is 0.506 e. The summed E-state index contributed by atoms with van der Waals surface area (Å²) in [6, 6.07) is 12.4. The van der Waals surface area contributed by atoms with Crippen molar-refractivity contribution in [2.24, 2.45) is 0 Å². The van der Waals surface area contributed by atoms with Gasteiger partial charge < -0.3 is 10.2 Å². The highest BCUT2D eigenvalue weighted by atomic mass is 35.5. The molecule has 0 aliphatic carbocycles. The van der Waals surface area contributed by atoms with Crippen molar-refractivity contribution in [2.75, 3.05) is 0 Å². The first-order chi connectivity index (χ1) is 13.5. The Balaban J connectivity index is 2.65. The summed E-state index contributed by atoms with van der Waals surface area (Å²) in [7, 11) is -5.09. The average molecular weight is 494 g/mol. The van der Waals surface area contributed by atoms with Crippen LogP contribution in [0.2, 0.25) is 20.1 Å². The number of rotatable bonds is 4. The Kier molecular flexibility index (Phi) is 5.98. The molecule has 0 aliphatic rings. The summed E-state index contributed by atoms with van der Waals surface area (Å²) in [6.07, 6.45) is 0. The molecule has 29 heavy (non-hydrogen) atoms. The van der Waals surface area contributed by atoms with E-state index in [0.29, 0.717) is 0 Å². The van der Waals surface area contributed by atoms with Crippen molar-refractivity contribution in [2.45, 2.75) is 4.75 Å². The van der Waals surface area contributed by atoms with Crippen LogP contribution in [0.1, 0.15) is 16.7 Å². The van der Waals surface area contributed by atoms with Crippen molar-refractivity contribution in [3.05, 3.63) is 91.4 Å². The first-order valence-electron chi connectivity index (χ1n) is 7.91. The molecule has 3 aromatic rings. The highest BCUT2D eigenvalue weighted by Crippen LogP contribution is 2.53. The summed E-state index contributed by atoms with van der Waals surface area (Å²) in [5.74, 6) is -0.982. The summed E-state index contributed by atoms with van der Waals surface area (Å²) in [6.45, 7) is 0. The van der Waals surface area contributed by atoms with E-state index in [0.717, 1.165) is 6.07 Å². The van der Waals surface area contributed by atoms with E-state index in [1.165, 1.54) is 42.5 Å². The molecule has 0 spiro atoms. The Morgan fingerprint density at radius 3 is 1.90 bits per heavy atom. The van der Waals surface area contributed by atoms with E-state index in [1.54, 1.807) is 6.07 Å². The molecular formula is C19H12Cl4O5S. The number of hydrogen-bond donors (Lipinski definition) is 3. The summed E-state index contributed by atoms with van der Waals surface area (Å²) in [5.41, 5.74) is -0.463. The number of phenols is 2. The molecule has 3 N–H and O–H groups in total. The lowest BCUT2D eigenvalue weighted by Gasteiger charge is -2.34. The van der Waals surface area contributed by atoms with E-state index in [9.17, 15) is 23.2 Å². The molecule has 0 aliphatic heterocycles. The van der Waals surface area contributed by atoms with Gasteiger partial charge in [-0.1, -0.05) is 88.9 Å². The van der Waals surface area contributed by atoms with Crippen LogP contribution in [0.4, 0.5) is 0 Å². The summed E-state index contributed by atoms with van der Waals surface area (Å²) in [5, 5.41) is 19.1. The summed E-state index contributed by atoms with van der Waals surface area (Å²) >= 11 is 24.6. The van der Waals surface area contributed by atoms with Crippen molar-refractivity contribution in [1.29, 1.82) is 0 Å². The van der Waals surface area contributed by atoms with Gasteiger partial charge in [-0.15, -0.1) is 0 Å². The standard InChI is InChI=1S/C19H12Cl4O5S/c20-15-11(7-4-8-13(15)24)19(29(26,27)28,10-5-2-1-3-6-10)12-9-14(25)17(22)18(23)16(12)21/h1-9,24-25H,(H,26,27,28). The van der Waals surface area contributed by atoms with Crippen molar-refractivity contribution >= 4 is 56.5 Å². The normalized spacial score (nSPS) is 13.8. The van der Waals surface area contributed by atoms with E-state index >= 15 is 0 Å². The van der Waals surface area contributed by atoms with Gasteiger partial charge in [0.25, 0.3) is 10.1 Å². The second-order valence-corrected chi connectivity index (χ2v) is 9.12. The number of hydrogen-bond acceptors (Lipinski definition) is 4. The molecule has 0 saturated heterocycles. The van der Waals surface area contributed by atoms with Gasteiger partial charge in [-0.2, -0.15) is 8.42 Å². The molecule has 10 heteroatoms. The first-order valence-corrected chi connectivity index (χ1v) is 10.9. The van der Waals surface area contributed by atoms with Gasteiger partial charge in [-0.25, -0.2) is 0 Å². The fourth-order valence-electron chi connectivity index (χ4n) is 3.19. The lowest BCUT2D eigenvalue weighted by molar-refractivity contribution is 0.455. The van der Waals surface area contributed by atoms with Crippen LogP contribution in [0.25, 0.3) is 0 Å². The van der Waals surface area contributed by atoms with Gasteiger partial charge >= 0.3 is 0 Å². The molecule has 0 bridgehead atoms. The molecule has 0 radical (unpaired) electrons. The second-order valence-electron chi connectivity index (χ2n) is 6.05.